The molecule has 0 aliphatic heterocycles. The van der Waals surface area contributed by atoms with Crippen molar-refractivity contribution in [3.05, 3.63) is 54.1 Å². The van der Waals surface area contributed by atoms with Crippen LogP contribution in [0.5, 0.6) is 5.75 Å². The Kier molecular flexibility index (Phi) is 7.35. The Hall–Kier alpha value is -2.91. The first kappa shape index (κ1) is 22.4. The number of benzene rings is 2. The smallest absolute Gasteiger partial charge is 0.338 e. The molecule has 3 N–H and O–H groups in total. The molecule has 0 saturated carbocycles. The summed E-state index contributed by atoms with van der Waals surface area (Å²) >= 11 is 0. The Labute approximate surface area is 170 Å². The van der Waals surface area contributed by atoms with E-state index in [0.29, 0.717) is 29.5 Å². The largest absolute Gasteiger partial charge is 0.493 e. The van der Waals surface area contributed by atoms with Gasteiger partial charge in [-0.15, -0.1) is 0 Å². The van der Waals surface area contributed by atoms with E-state index in [1.807, 2.05) is 13.8 Å². The minimum atomic E-state index is -3.81. The van der Waals surface area contributed by atoms with Gasteiger partial charge in [0.15, 0.2) is 6.10 Å². The van der Waals surface area contributed by atoms with E-state index in [4.69, 9.17) is 14.6 Å². The van der Waals surface area contributed by atoms with E-state index in [1.165, 1.54) is 31.2 Å². The molecule has 1 amide bonds. The lowest BCUT2D eigenvalue weighted by Gasteiger charge is -2.14. The van der Waals surface area contributed by atoms with E-state index in [1.54, 1.807) is 24.3 Å². The van der Waals surface area contributed by atoms with Crippen molar-refractivity contribution in [1.82, 2.24) is 0 Å². The van der Waals surface area contributed by atoms with Crippen LogP contribution in [-0.2, 0) is 19.6 Å². The zero-order chi connectivity index (χ0) is 21.6. The molecule has 0 aromatic heterocycles. The Bertz CT molecular complexity index is 953. The SMILES string of the molecule is CC(C)COc1ccc(C(=O)O[C@H](C)C(=O)Nc2ccc(S(N)(=O)=O)cc2)cc1. The van der Waals surface area contributed by atoms with Gasteiger partial charge in [-0.25, -0.2) is 18.4 Å². The predicted octanol–water partition coefficient (Wildman–Crippen LogP) is 2.55. The maximum atomic E-state index is 12.2. The fourth-order valence-corrected chi connectivity index (χ4v) is 2.72. The third kappa shape index (κ3) is 6.88. The van der Waals surface area contributed by atoms with Crippen molar-refractivity contribution in [3.8, 4) is 5.75 Å². The van der Waals surface area contributed by atoms with Crippen LogP contribution in [0.1, 0.15) is 31.1 Å². The van der Waals surface area contributed by atoms with E-state index in [9.17, 15) is 18.0 Å². The number of carbonyl (C=O) groups excluding carboxylic acids is 2. The molecule has 29 heavy (non-hydrogen) atoms. The van der Waals surface area contributed by atoms with E-state index < -0.39 is 28.0 Å². The molecule has 2 rings (SSSR count). The molecule has 0 unspecified atom stereocenters. The van der Waals surface area contributed by atoms with Gasteiger partial charge in [0.2, 0.25) is 10.0 Å². The Balaban J connectivity index is 1.92. The third-order valence-corrected chi connectivity index (χ3v) is 4.71. The summed E-state index contributed by atoms with van der Waals surface area (Å²) in [6, 6.07) is 11.8. The Morgan fingerprint density at radius 1 is 1.00 bits per heavy atom. The van der Waals surface area contributed by atoms with E-state index in [2.05, 4.69) is 5.32 Å². The molecule has 8 nitrogen and oxygen atoms in total. The second-order valence-corrected chi connectivity index (χ2v) is 8.40. The lowest BCUT2D eigenvalue weighted by Crippen LogP contribution is -2.30. The van der Waals surface area contributed by atoms with Crippen LogP contribution in [0.15, 0.2) is 53.4 Å². The summed E-state index contributed by atoms with van der Waals surface area (Å²) in [5.74, 6) is -0.176. The summed E-state index contributed by atoms with van der Waals surface area (Å²) in [6.07, 6.45) is -1.06. The number of rotatable bonds is 8. The number of ether oxygens (including phenoxy) is 2. The van der Waals surface area contributed by atoms with Crippen LogP contribution >= 0.6 is 0 Å². The van der Waals surface area contributed by atoms with Crippen molar-refractivity contribution < 1.29 is 27.5 Å². The molecule has 156 valence electrons. The quantitative estimate of drug-likeness (QED) is 0.632. The van der Waals surface area contributed by atoms with Gasteiger partial charge >= 0.3 is 5.97 Å². The van der Waals surface area contributed by atoms with Crippen LogP contribution < -0.4 is 15.2 Å². The number of hydrogen-bond donors (Lipinski definition) is 2. The zero-order valence-electron chi connectivity index (χ0n) is 16.4. The van der Waals surface area contributed by atoms with Crippen LogP contribution in [0, 0.1) is 5.92 Å². The van der Waals surface area contributed by atoms with Gasteiger partial charge in [0.1, 0.15) is 5.75 Å². The monoisotopic (exact) mass is 420 g/mol. The van der Waals surface area contributed by atoms with Crippen molar-refractivity contribution in [1.29, 1.82) is 0 Å². The molecule has 0 radical (unpaired) electrons. The molecule has 0 bridgehead atoms. The predicted molar refractivity (Wildman–Crippen MR) is 108 cm³/mol. The van der Waals surface area contributed by atoms with Gasteiger partial charge in [-0.1, -0.05) is 13.8 Å². The first-order chi connectivity index (χ1) is 13.6. The molecule has 0 heterocycles. The number of anilines is 1. The van der Waals surface area contributed by atoms with Crippen molar-refractivity contribution >= 4 is 27.6 Å². The van der Waals surface area contributed by atoms with Crippen molar-refractivity contribution in [2.45, 2.75) is 31.8 Å². The highest BCUT2D eigenvalue weighted by atomic mass is 32.2. The number of carbonyl (C=O) groups is 2. The van der Waals surface area contributed by atoms with Gasteiger partial charge in [0, 0.05) is 5.69 Å². The highest BCUT2D eigenvalue weighted by molar-refractivity contribution is 7.89. The molecule has 2 aromatic carbocycles. The number of esters is 1. The first-order valence-electron chi connectivity index (χ1n) is 8.94. The Morgan fingerprint density at radius 3 is 2.10 bits per heavy atom. The molecular weight excluding hydrogens is 396 g/mol. The van der Waals surface area contributed by atoms with Crippen LogP contribution in [-0.4, -0.2) is 33.0 Å². The maximum Gasteiger partial charge on any atom is 0.338 e. The molecule has 9 heteroatoms. The van der Waals surface area contributed by atoms with Crippen molar-refractivity contribution in [2.24, 2.45) is 11.1 Å². The fraction of sp³-hybridized carbons (Fsp3) is 0.300. The molecule has 0 saturated heterocycles. The summed E-state index contributed by atoms with van der Waals surface area (Å²) in [4.78, 5) is 24.4. The van der Waals surface area contributed by atoms with Crippen LogP contribution in [0.2, 0.25) is 0 Å². The van der Waals surface area contributed by atoms with Crippen LogP contribution in [0.3, 0.4) is 0 Å². The molecule has 2 aromatic rings. The molecule has 0 aliphatic carbocycles. The minimum absolute atomic E-state index is 0.0733. The molecular formula is C20H24N2O6S. The maximum absolute atomic E-state index is 12.2. The van der Waals surface area contributed by atoms with Gasteiger partial charge in [-0.2, -0.15) is 0 Å². The van der Waals surface area contributed by atoms with Crippen LogP contribution in [0.25, 0.3) is 0 Å². The highest BCUT2D eigenvalue weighted by Gasteiger charge is 2.19. The zero-order valence-corrected chi connectivity index (χ0v) is 17.2. The normalized spacial score (nSPS) is 12.3. The van der Waals surface area contributed by atoms with E-state index >= 15 is 0 Å². The Morgan fingerprint density at radius 2 is 1.59 bits per heavy atom. The summed E-state index contributed by atoms with van der Waals surface area (Å²) in [5, 5.41) is 7.57. The number of hydrogen-bond acceptors (Lipinski definition) is 6. The number of nitrogens with one attached hydrogen (secondary N) is 1. The second kappa shape index (κ2) is 9.53. The lowest BCUT2D eigenvalue weighted by atomic mass is 10.2. The molecule has 1 atom stereocenters. The lowest BCUT2D eigenvalue weighted by molar-refractivity contribution is -0.123. The first-order valence-corrected chi connectivity index (χ1v) is 10.5. The van der Waals surface area contributed by atoms with Gasteiger partial charge in [0.05, 0.1) is 17.1 Å². The molecule has 0 aliphatic rings. The molecule has 0 fully saturated rings. The standard InChI is InChI=1S/C20H24N2O6S/c1-13(2)12-27-17-8-4-15(5-9-17)20(24)28-14(3)19(23)22-16-6-10-18(11-7-16)29(21,25)26/h4-11,13-14H,12H2,1-3H3,(H,22,23)(H2,21,25,26)/t14-/m1/s1. The second-order valence-electron chi connectivity index (χ2n) is 6.84. The summed E-state index contributed by atoms with van der Waals surface area (Å²) < 4.78 is 33.2. The van der Waals surface area contributed by atoms with Crippen molar-refractivity contribution in [2.75, 3.05) is 11.9 Å². The van der Waals surface area contributed by atoms with Gasteiger partial charge in [-0.05, 0) is 61.4 Å². The number of primary sulfonamides is 1. The number of sulfonamides is 1. The number of nitrogens with two attached hydrogens (primary N) is 1. The third-order valence-electron chi connectivity index (χ3n) is 3.78. The average Bonchev–Trinajstić information content (AvgIpc) is 2.66. The highest BCUT2D eigenvalue weighted by Crippen LogP contribution is 2.16. The van der Waals surface area contributed by atoms with Crippen molar-refractivity contribution in [3.63, 3.8) is 0 Å². The summed E-state index contributed by atoms with van der Waals surface area (Å²) in [7, 11) is -3.81. The number of amides is 1. The summed E-state index contributed by atoms with van der Waals surface area (Å²) in [6.45, 7) is 6.07. The van der Waals surface area contributed by atoms with E-state index in [0.717, 1.165) is 0 Å². The summed E-state index contributed by atoms with van der Waals surface area (Å²) in [5.41, 5.74) is 0.635. The average molecular weight is 420 g/mol. The van der Waals surface area contributed by atoms with Crippen LogP contribution in [0.4, 0.5) is 5.69 Å². The van der Waals surface area contributed by atoms with Gasteiger partial charge in [0.25, 0.3) is 5.91 Å². The van der Waals surface area contributed by atoms with Gasteiger partial charge in [-0.3, -0.25) is 4.79 Å². The fourth-order valence-electron chi connectivity index (χ4n) is 2.20. The van der Waals surface area contributed by atoms with E-state index in [-0.39, 0.29) is 4.90 Å². The topological polar surface area (TPSA) is 125 Å². The molecule has 0 spiro atoms. The van der Waals surface area contributed by atoms with Gasteiger partial charge < -0.3 is 14.8 Å². The minimum Gasteiger partial charge on any atom is -0.493 e.